The van der Waals surface area contributed by atoms with Crippen molar-refractivity contribution in [1.82, 2.24) is 29.1 Å². The highest BCUT2D eigenvalue weighted by molar-refractivity contribution is 6.00. The van der Waals surface area contributed by atoms with Gasteiger partial charge in [-0.15, -0.1) is 10.2 Å². The number of aromatic nitrogens is 4. The topological polar surface area (TPSA) is 161 Å². The number of amides is 2. The maximum Gasteiger partial charge on any atom is 0.253 e. The van der Waals surface area contributed by atoms with E-state index in [4.69, 9.17) is 5.10 Å². The van der Waals surface area contributed by atoms with E-state index in [0.717, 1.165) is 51.4 Å². The molecule has 2 amide bonds. The fourth-order valence-electron chi connectivity index (χ4n) is 5.30. The molecule has 0 atom stereocenters. The number of rotatable bonds is 18. The van der Waals surface area contributed by atoms with Crippen molar-refractivity contribution >= 4 is 29.3 Å². The largest absolute Gasteiger partial charge is 0.371 e. The van der Waals surface area contributed by atoms with E-state index < -0.39 is 0 Å². The number of hydrogen-bond acceptors (Lipinski definition) is 9. The van der Waals surface area contributed by atoms with Crippen molar-refractivity contribution in [3.63, 3.8) is 0 Å². The molecule has 0 aliphatic rings. The molecule has 13 nitrogen and oxygen atoms in total. The van der Waals surface area contributed by atoms with Gasteiger partial charge in [0.25, 0.3) is 17.8 Å². The molecule has 50 heavy (non-hydrogen) atoms. The summed E-state index contributed by atoms with van der Waals surface area (Å²) in [6, 6.07) is 9.15. The predicted octanol–water partition coefficient (Wildman–Crippen LogP) is 8.23. The minimum Gasteiger partial charge on any atom is -0.371 e. The minimum absolute atomic E-state index is 0.0345. The van der Waals surface area contributed by atoms with Crippen LogP contribution >= 0.6 is 0 Å². The molecule has 270 valence electrons. The minimum atomic E-state index is -0.118. The van der Waals surface area contributed by atoms with Crippen molar-refractivity contribution < 1.29 is 9.59 Å². The molecule has 0 aliphatic heterocycles. The van der Waals surface area contributed by atoms with Crippen LogP contribution in [0.1, 0.15) is 131 Å². The zero-order valence-electron chi connectivity index (χ0n) is 31.5. The fourth-order valence-corrected chi connectivity index (χ4v) is 5.30. The Morgan fingerprint density at radius 2 is 1.30 bits per heavy atom. The lowest BCUT2D eigenvalue weighted by molar-refractivity contribution is 0.0749. The van der Waals surface area contributed by atoms with Gasteiger partial charge in [-0.25, -0.2) is 4.68 Å². The maximum absolute atomic E-state index is 14.1. The number of carbonyl (C=O) groups is 2. The van der Waals surface area contributed by atoms with Gasteiger partial charge in [0.1, 0.15) is 12.1 Å². The zero-order valence-corrected chi connectivity index (χ0v) is 31.5. The van der Waals surface area contributed by atoms with Crippen LogP contribution < -0.4 is 5.32 Å². The Bertz CT molecular complexity index is 1610. The van der Waals surface area contributed by atoms with E-state index in [0.29, 0.717) is 60.2 Å². The number of nitrogens with one attached hydrogen (secondary N) is 1. The Morgan fingerprint density at radius 1 is 0.820 bits per heavy atom. The number of nitrogens with zero attached hydrogens (tertiary/aromatic N) is 10. The SMILES string of the molecule is CC.CCCCN(CCCC)C(=O)c1cc(C(=O)N(CCCC)CCCC)cc(-n2nc(C)c(N=Nc3nc(C#N)c(C#N)n3C)c2NC)c1. The van der Waals surface area contributed by atoms with Crippen LogP contribution in [0.15, 0.2) is 28.4 Å². The molecule has 3 rings (SSSR count). The van der Waals surface area contributed by atoms with E-state index in [1.54, 1.807) is 43.9 Å². The van der Waals surface area contributed by atoms with Crippen LogP contribution in [0.2, 0.25) is 0 Å². The van der Waals surface area contributed by atoms with Crippen molar-refractivity contribution in [3.8, 4) is 17.8 Å². The highest BCUT2D eigenvalue weighted by Crippen LogP contribution is 2.33. The van der Waals surface area contributed by atoms with Crippen LogP contribution in [-0.4, -0.2) is 74.2 Å². The number of benzene rings is 1. The third-order valence-corrected chi connectivity index (χ3v) is 8.15. The summed E-state index contributed by atoms with van der Waals surface area (Å²) < 4.78 is 3.03. The standard InChI is InChI=1S/C35H49N11O2.C2H6/c1-8-12-16-44(17-13-9-2)33(47)26-20-27(34(48)45(18-14-10-3)19-15-11-4)22-28(21-26)46-32(38-6)31(25(5)42-46)40-41-35-39-29(23-36)30(24-37)43(35)7;1-2/h20-22,38H,8-19H2,1-7H3;1-2H3. The summed E-state index contributed by atoms with van der Waals surface area (Å²) in [5, 5.41) is 35.4. The summed E-state index contributed by atoms with van der Waals surface area (Å²) >= 11 is 0. The summed E-state index contributed by atoms with van der Waals surface area (Å²) in [5.74, 6) is 0.341. The van der Waals surface area contributed by atoms with Gasteiger partial charge in [0.15, 0.2) is 22.9 Å². The van der Waals surface area contributed by atoms with Crippen LogP contribution in [0.3, 0.4) is 0 Å². The quantitative estimate of drug-likeness (QED) is 0.132. The Hall–Kier alpha value is -5.04. The van der Waals surface area contributed by atoms with Crippen molar-refractivity contribution in [2.75, 3.05) is 38.5 Å². The predicted molar refractivity (Wildman–Crippen MR) is 197 cm³/mol. The maximum atomic E-state index is 14.1. The fraction of sp³-hybridized carbons (Fsp3) is 0.568. The molecule has 1 N–H and O–H groups in total. The Kier molecular flexibility index (Phi) is 17.4. The van der Waals surface area contributed by atoms with Crippen LogP contribution in [0, 0.1) is 29.6 Å². The molecule has 1 aromatic carbocycles. The van der Waals surface area contributed by atoms with E-state index in [9.17, 15) is 20.1 Å². The smallest absolute Gasteiger partial charge is 0.253 e. The lowest BCUT2D eigenvalue weighted by atomic mass is 10.1. The molecule has 2 heterocycles. The van der Waals surface area contributed by atoms with Crippen molar-refractivity contribution in [2.24, 2.45) is 17.3 Å². The molecule has 0 radical (unpaired) electrons. The molecule has 0 aliphatic carbocycles. The van der Waals surface area contributed by atoms with E-state index in [-0.39, 0.29) is 29.2 Å². The van der Waals surface area contributed by atoms with Gasteiger partial charge >= 0.3 is 0 Å². The van der Waals surface area contributed by atoms with Crippen LogP contribution in [0.25, 0.3) is 5.69 Å². The van der Waals surface area contributed by atoms with Gasteiger partial charge in [0.2, 0.25) is 0 Å². The second-order valence-electron chi connectivity index (χ2n) is 11.8. The van der Waals surface area contributed by atoms with Gasteiger partial charge < -0.3 is 19.7 Å². The van der Waals surface area contributed by atoms with Gasteiger partial charge in [-0.05, 0) is 50.8 Å². The van der Waals surface area contributed by atoms with Gasteiger partial charge in [-0.3, -0.25) is 9.59 Å². The number of anilines is 1. The summed E-state index contributed by atoms with van der Waals surface area (Å²) in [7, 11) is 3.31. The molecule has 0 bridgehead atoms. The highest BCUT2D eigenvalue weighted by Gasteiger charge is 2.24. The van der Waals surface area contributed by atoms with Crippen LogP contribution in [0.4, 0.5) is 17.5 Å². The molecule has 0 spiro atoms. The molecular weight excluding hydrogens is 630 g/mol. The number of carbonyl (C=O) groups excluding carboxylic acids is 2. The number of hydrogen-bond donors (Lipinski definition) is 1. The van der Waals surface area contributed by atoms with E-state index >= 15 is 0 Å². The lowest BCUT2D eigenvalue weighted by Crippen LogP contribution is -2.35. The summed E-state index contributed by atoms with van der Waals surface area (Å²) in [4.78, 5) is 36.1. The van der Waals surface area contributed by atoms with Gasteiger partial charge in [0, 0.05) is 51.4 Å². The average Bonchev–Trinajstić information content (AvgIpc) is 3.64. The first-order valence-corrected chi connectivity index (χ1v) is 18.0. The molecule has 2 aromatic heterocycles. The summed E-state index contributed by atoms with van der Waals surface area (Å²) in [6.07, 6.45) is 7.42. The van der Waals surface area contributed by atoms with Crippen molar-refractivity contribution in [1.29, 1.82) is 10.5 Å². The Labute approximate surface area is 298 Å². The number of aryl methyl sites for hydroxylation is 1. The number of azo groups is 1. The summed E-state index contributed by atoms with van der Waals surface area (Å²) in [6.45, 7) is 16.8. The van der Waals surface area contributed by atoms with Crippen LogP contribution in [0.5, 0.6) is 0 Å². The van der Waals surface area contributed by atoms with E-state index in [2.05, 4.69) is 48.2 Å². The Balaban J connectivity index is 0.00000425. The number of imidazole rings is 1. The first-order chi connectivity index (χ1) is 24.2. The lowest BCUT2D eigenvalue weighted by Gasteiger charge is -2.25. The first-order valence-electron chi connectivity index (χ1n) is 18.0. The highest BCUT2D eigenvalue weighted by atomic mass is 16.2. The second kappa shape index (κ2) is 21.1. The third kappa shape index (κ3) is 10.2. The van der Waals surface area contributed by atoms with Gasteiger partial charge in [-0.2, -0.15) is 20.6 Å². The Morgan fingerprint density at radius 3 is 1.68 bits per heavy atom. The zero-order chi connectivity index (χ0) is 37.2. The van der Waals surface area contributed by atoms with E-state index in [1.165, 1.54) is 4.57 Å². The molecule has 0 unspecified atom stereocenters. The van der Waals surface area contributed by atoms with Crippen molar-refractivity contribution in [2.45, 2.75) is 99.8 Å². The van der Waals surface area contributed by atoms with Gasteiger partial charge in [-0.1, -0.05) is 67.2 Å². The number of unbranched alkanes of at least 4 members (excludes halogenated alkanes) is 4. The van der Waals surface area contributed by atoms with Crippen LogP contribution in [-0.2, 0) is 7.05 Å². The monoisotopic (exact) mass is 685 g/mol. The molecule has 3 aromatic rings. The molecular formula is C37H55N11O2. The van der Waals surface area contributed by atoms with Crippen molar-refractivity contribution in [3.05, 3.63) is 46.4 Å². The second-order valence-corrected chi connectivity index (χ2v) is 11.8. The third-order valence-electron chi connectivity index (χ3n) is 8.15. The molecule has 13 heteroatoms. The summed E-state index contributed by atoms with van der Waals surface area (Å²) in [5.41, 5.74) is 2.37. The average molecular weight is 686 g/mol. The molecule has 0 saturated heterocycles. The molecule has 0 saturated carbocycles. The normalized spacial score (nSPS) is 10.7. The first kappa shape index (κ1) is 41.1. The van der Waals surface area contributed by atoms with E-state index in [1.807, 2.05) is 35.8 Å². The number of nitriles is 2. The molecule has 0 fully saturated rings. The van der Waals surface area contributed by atoms with Gasteiger partial charge in [0.05, 0.1) is 11.4 Å².